The third-order valence-corrected chi connectivity index (χ3v) is 6.34. The van der Waals surface area contributed by atoms with Crippen LogP contribution in [-0.2, 0) is 11.2 Å². The van der Waals surface area contributed by atoms with Crippen LogP contribution in [0.25, 0.3) is 0 Å². The Labute approximate surface area is 185 Å². The van der Waals surface area contributed by atoms with Crippen LogP contribution in [0.3, 0.4) is 0 Å². The van der Waals surface area contributed by atoms with E-state index >= 15 is 0 Å². The van der Waals surface area contributed by atoms with Gasteiger partial charge in [0.05, 0.1) is 13.7 Å². The molecule has 0 amide bonds. The molecule has 1 heterocycles. The fraction of sp³-hybridized carbons (Fsp3) is 0.455. The van der Waals surface area contributed by atoms with Crippen LogP contribution in [0, 0.1) is 0 Å². The van der Waals surface area contributed by atoms with Crippen molar-refractivity contribution in [1.82, 2.24) is 0 Å². The van der Waals surface area contributed by atoms with Gasteiger partial charge in [-0.2, -0.15) is 0 Å². The maximum atomic E-state index is 10.6. The highest BCUT2D eigenvalue weighted by molar-refractivity contribution is 7.99. The van der Waals surface area contributed by atoms with Crippen molar-refractivity contribution in [2.75, 3.05) is 20.0 Å². The van der Waals surface area contributed by atoms with Crippen molar-refractivity contribution in [2.45, 2.75) is 43.2 Å². The Morgan fingerprint density at radius 2 is 1.77 bits per heavy atom. The predicted molar refractivity (Wildman–Crippen MR) is 118 cm³/mol. The van der Waals surface area contributed by atoms with Gasteiger partial charge in [-0.1, -0.05) is 23.7 Å². The zero-order chi connectivity index (χ0) is 21.8. The minimum Gasteiger partial charge on any atom is -0.496 e. The smallest absolute Gasteiger partial charge is 0.132 e. The van der Waals surface area contributed by atoms with Crippen LogP contribution in [0.4, 0.5) is 0 Å². The number of aliphatic hydroxyl groups excluding tert-OH is 3. The highest BCUT2D eigenvalue weighted by Gasteiger charge is 2.45. The monoisotopic (exact) mass is 454 g/mol. The molecule has 1 saturated heterocycles. The highest BCUT2D eigenvalue weighted by Crippen LogP contribution is 2.41. The molecule has 30 heavy (non-hydrogen) atoms. The predicted octanol–water partition coefficient (Wildman–Crippen LogP) is 3.18. The SMILES string of the molecule is CCOc1ccc(Cc2cc([C@@H]3O[C@H](SC)[C@@H](O)[C@H](O)[C@H]3O)c(OC)cc2Cl)cc1. The summed E-state index contributed by atoms with van der Waals surface area (Å²) in [4.78, 5) is 0. The molecule has 0 aromatic heterocycles. The van der Waals surface area contributed by atoms with Gasteiger partial charge in [0, 0.05) is 10.6 Å². The molecule has 1 aliphatic rings. The Kier molecular flexibility index (Phi) is 7.90. The number of rotatable bonds is 7. The van der Waals surface area contributed by atoms with Crippen LogP contribution in [0.2, 0.25) is 5.02 Å². The van der Waals surface area contributed by atoms with Crippen molar-refractivity contribution in [3.05, 3.63) is 58.1 Å². The highest BCUT2D eigenvalue weighted by atomic mass is 35.5. The number of methoxy groups -OCH3 is 1. The number of thioether (sulfide) groups is 1. The van der Waals surface area contributed by atoms with Gasteiger partial charge in [-0.25, -0.2) is 0 Å². The molecule has 1 fully saturated rings. The Bertz CT molecular complexity index is 844. The standard InChI is InChI=1S/C22H27ClO6S/c1-4-28-14-7-5-12(6-8-14)9-13-10-15(17(27-2)11-16(13)23)21-19(25)18(24)20(26)22(29-21)30-3/h5-8,10-11,18-22,24-26H,4,9H2,1-3H3/t18-,19-,20+,21+,22-/m1/s1. The average Bonchev–Trinajstić information content (AvgIpc) is 2.75. The zero-order valence-corrected chi connectivity index (χ0v) is 18.7. The van der Waals surface area contributed by atoms with Crippen LogP contribution in [0.5, 0.6) is 11.5 Å². The molecule has 8 heteroatoms. The molecule has 1 aliphatic heterocycles. The van der Waals surface area contributed by atoms with E-state index < -0.39 is 29.9 Å². The van der Waals surface area contributed by atoms with E-state index in [9.17, 15) is 15.3 Å². The molecular formula is C22H27ClO6S. The van der Waals surface area contributed by atoms with Crippen LogP contribution < -0.4 is 9.47 Å². The average molecular weight is 455 g/mol. The summed E-state index contributed by atoms with van der Waals surface area (Å²) in [5.41, 5.74) is 1.76. The normalized spacial score (nSPS) is 26.4. The Balaban J connectivity index is 1.93. The van der Waals surface area contributed by atoms with Crippen LogP contribution in [0.15, 0.2) is 36.4 Å². The second-order valence-electron chi connectivity index (χ2n) is 7.07. The first-order chi connectivity index (χ1) is 14.4. The van der Waals surface area contributed by atoms with E-state index in [-0.39, 0.29) is 0 Å². The second-order valence-corrected chi connectivity index (χ2v) is 8.42. The van der Waals surface area contributed by atoms with Crippen molar-refractivity contribution in [3.8, 4) is 11.5 Å². The van der Waals surface area contributed by atoms with E-state index in [1.54, 1.807) is 12.3 Å². The van der Waals surface area contributed by atoms with Crippen LogP contribution in [0.1, 0.15) is 29.7 Å². The molecule has 0 unspecified atom stereocenters. The number of benzene rings is 2. The first-order valence-corrected chi connectivity index (χ1v) is 11.4. The lowest BCUT2D eigenvalue weighted by Gasteiger charge is -2.40. The Hall–Kier alpha value is -1.48. The van der Waals surface area contributed by atoms with Crippen LogP contribution >= 0.6 is 23.4 Å². The van der Waals surface area contributed by atoms with Crippen molar-refractivity contribution >= 4 is 23.4 Å². The molecule has 164 valence electrons. The van der Waals surface area contributed by atoms with Gasteiger partial charge in [-0.05, 0) is 55.0 Å². The molecule has 0 bridgehead atoms. The maximum absolute atomic E-state index is 10.6. The van der Waals surface area contributed by atoms with Crippen molar-refractivity contribution in [1.29, 1.82) is 0 Å². The van der Waals surface area contributed by atoms with Crippen LogP contribution in [-0.4, -0.2) is 59.0 Å². The molecule has 3 N–H and O–H groups in total. The van der Waals surface area contributed by atoms with Gasteiger partial charge in [-0.15, -0.1) is 11.8 Å². The number of hydrogen-bond donors (Lipinski definition) is 3. The van der Waals surface area contributed by atoms with Gasteiger partial charge in [0.15, 0.2) is 0 Å². The third-order valence-electron chi connectivity index (χ3n) is 5.14. The summed E-state index contributed by atoms with van der Waals surface area (Å²) < 4.78 is 16.9. The zero-order valence-electron chi connectivity index (χ0n) is 17.1. The molecule has 0 radical (unpaired) electrons. The van der Waals surface area contributed by atoms with Crippen molar-refractivity contribution in [3.63, 3.8) is 0 Å². The van der Waals surface area contributed by atoms with E-state index in [2.05, 4.69) is 0 Å². The summed E-state index contributed by atoms with van der Waals surface area (Å²) in [6.45, 7) is 2.54. The molecule has 2 aromatic rings. The summed E-state index contributed by atoms with van der Waals surface area (Å²) >= 11 is 7.76. The first-order valence-electron chi connectivity index (χ1n) is 9.70. The topological polar surface area (TPSA) is 88.4 Å². The summed E-state index contributed by atoms with van der Waals surface area (Å²) in [5.74, 6) is 1.25. The molecule has 3 rings (SSSR count). The quantitative estimate of drug-likeness (QED) is 0.592. The van der Waals surface area contributed by atoms with E-state index in [1.807, 2.05) is 37.3 Å². The van der Waals surface area contributed by atoms with Gasteiger partial charge >= 0.3 is 0 Å². The molecular weight excluding hydrogens is 428 g/mol. The summed E-state index contributed by atoms with van der Waals surface area (Å²) in [6.07, 6.45) is -2.37. The Morgan fingerprint density at radius 3 is 2.37 bits per heavy atom. The Morgan fingerprint density at radius 1 is 1.07 bits per heavy atom. The van der Waals surface area contributed by atoms with Gasteiger partial charge < -0.3 is 29.5 Å². The van der Waals surface area contributed by atoms with Crippen molar-refractivity contribution < 1.29 is 29.5 Å². The van der Waals surface area contributed by atoms with Gasteiger partial charge in [0.2, 0.25) is 0 Å². The molecule has 6 nitrogen and oxygen atoms in total. The summed E-state index contributed by atoms with van der Waals surface area (Å²) in [7, 11) is 1.51. The molecule has 0 aliphatic carbocycles. The maximum Gasteiger partial charge on any atom is 0.132 e. The van der Waals surface area contributed by atoms with E-state index in [0.717, 1.165) is 16.9 Å². The van der Waals surface area contributed by atoms with Crippen molar-refractivity contribution in [2.24, 2.45) is 0 Å². The summed E-state index contributed by atoms with van der Waals surface area (Å²) in [5, 5.41) is 31.5. The van der Waals surface area contributed by atoms with E-state index in [4.69, 9.17) is 25.8 Å². The fourth-order valence-corrected chi connectivity index (χ4v) is 4.43. The fourth-order valence-electron chi connectivity index (χ4n) is 3.54. The van der Waals surface area contributed by atoms with Gasteiger partial charge in [0.1, 0.15) is 41.4 Å². The molecule has 2 aromatic carbocycles. The van der Waals surface area contributed by atoms with E-state index in [1.165, 1.54) is 18.9 Å². The number of ether oxygens (including phenoxy) is 3. The molecule has 5 atom stereocenters. The summed E-state index contributed by atoms with van der Waals surface area (Å²) in [6, 6.07) is 11.3. The molecule has 0 saturated carbocycles. The van der Waals surface area contributed by atoms with Gasteiger partial charge in [0.25, 0.3) is 0 Å². The minimum absolute atomic E-state index is 0.447. The lowest BCUT2D eigenvalue weighted by molar-refractivity contribution is -0.200. The minimum atomic E-state index is -1.34. The number of aliphatic hydroxyl groups is 3. The molecule has 0 spiro atoms. The largest absolute Gasteiger partial charge is 0.496 e. The lowest BCUT2D eigenvalue weighted by atomic mass is 9.92. The third kappa shape index (κ3) is 4.88. The lowest BCUT2D eigenvalue weighted by Crippen LogP contribution is -2.53. The number of halogens is 1. The van der Waals surface area contributed by atoms with E-state index in [0.29, 0.717) is 29.4 Å². The second kappa shape index (κ2) is 10.2. The van der Waals surface area contributed by atoms with Gasteiger partial charge in [-0.3, -0.25) is 0 Å². The first kappa shape index (κ1) is 23.2. The number of hydrogen-bond acceptors (Lipinski definition) is 7.